The summed E-state index contributed by atoms with van der Waals surface area (Å²) in [4.78, 5) is 0. The predicted molar refractivity (Wildman–Crippen MR) is 214 cm³/mol. The molecular weight excluding hydrogens is 665 g/mol. The van der Waals surface area contributed by atoms with Gasteiger partial charge in [0.1, 0.15) is 26.4 Å². The van der Waals surface area contributed by atoms with Crippen molar-refractivity contribution in [1.82, 2.24) is 0 Å². The Bertz CT molecular complexity index is 1830. The zero-order valence-electron chi connectivity index (χ0n) is 30.9. The molecule has 0 amide bonds. The quantitative estimate of drug-likeness (QED) is 0.163. The molecule has 0 saturated heterocycles. The lowest BCUT2D eigenvalue weighted by Crippen LogP contribution is -2.67. The third kappa shape index (κ3) is 7.51. The van der Waals surface area contributed by atoms with Gasteiger partial charge in [-0.1, -0.05) is 144 Å². The van der Waals surface area contributed by atoms with Crippen LogP contribution in [-0.4, -0.2) is 46.9 Å². The van der Waals surface area contributed by atoms with Gasteiger partial charge in [0.25, 0.3) is 0 Å². The second-order valence-electron chi connectivity index (χ2n) is 15.7. The van der Waals surface area contributed by atoms with E-state index in [2.05, 4.69) is 144 Å². The van der Waals surface area contributed by atoms with Crippen molar-refractivity contribution in [3.63, 3.8) is 0 Å². The fraction of sp³-hybridized carbons (Fsp3) is 0.360. The van der Waals surface area contributed by atoms with Crippen LogP contribution in [0.3, 0.4) is 0 Å². The minimum Gasteiger partial charge on any atom is -0.384 e. The number of rotatable bonds is 8. The van der Waals surface area contributed by atoms with Crippen molar-refractivity contribution in [3.8, 4) is 47.4 Å². The van der Waals surface area contributed by atoms with Gasteiger partial charge in [-0.05, 0) is 105 Å². The van der Waals surface area contributed by atoms with Crippen molar-refractivity contribution in [3.05, 3.63) is 142 Å². The molecule has 4 fully saturated rings. The van der Waals surface area contributed by atoms with E-state index in [4.69, 9.17) is 0 Å². The van der Waals surface area contributed by atoms with E-state index in [1.54, 1.807) is 0 Å². The first-order valence-corrected chi connectivity index (χ1v) is 19.0. The molecule has 4 bridgehead atoms. The van der Waals surface area contributed by atoms with Crippen LogP contribution in [-0.2, 0) is 47.3 Å². The van der Waals surface area contributed by atoms with E-state index in [-0.39, 0.29) is 48.1 Å². The van der Waals surface area contributed by atoms with Crippen LogP contribution in [0, 0.1) is 47.4 Å². The molecule has 4 aliphatic rings. The Morgan fingerprint density at radius 3 is 0.648 bits per heavy atom. The average Bonchev–Trinajstić information content (AvgIpc) is 3.19. The van der Waals surface area contributed by atoms with Gasteiger partial charge in [-0.3, -0.25) is 0 Å². The van der Waals surface area contributed by atoms with E-state index in [9.17, 15) is 20.4 Å². The summed E-state index contributed by atoms with van der Waals surface area (Å²) in [7, 11) is 0. The van der Waals surface area contributed by atoms with Crippen LogP contribution >= 0.6 is 0 Å². The highest BCUT2D eigenvalue weighted by molar-refractivity contribution is 5.51. The highest BCUT2D eigenvalue weighted by Gasteiger charge is 2.69. The molecule has 4 nitrogen and oxygen atoms in total. The topological polar surface area (TPSA) is 80.9 Å². The van der Waals surface area contributed by atoms with Gasteiger partial charge in [0.05, 0.1) is 0 Å². The molecule has 0 unspecified atom stereocenters. The monoisotopic (exact) mass is 712 g/mol. The Labute approximate surface area is 320 Å². The maximum absolute atomic E-state index is 9.21. The lowest BCUT2D eigenvalue weighted by Gasteiger charge is -2.71. The number of benzene rings is 4. The molecule has 4 heteroatoms. The normalized spacial score (nSPS) is 24.5. The molecule has 4 aromatic rings. The highest BCUT2D eigenvalue weighted by atomic mass is 16.3. The molecule has 0 atom stereocenters. The first-order chi connectivity index (χ1) is 26.4. The smallest absolute Gasteiger partial charge is 0.104 e. The van der Waals surface area contributed by atoms with E-state index in [0.717, 1.165) is 60.8 Å². The van der Waals surface area contributed by atoms with E-state index in [1.807, 2.05) is 0 Å². The Morgan fingerprint density at radius 1 is 0.296 bits per heavy atom. The summed E-state index contributed by atoms with van der Waals surface area (Å²) in [5.41, 5.74) is 9.87. The highest BCUT2D eigenvalue weighted by Crippen LogP contribution is 2.74. The first-order valence-electron chi connectivity index (χ1n) is 19.0. The van der Waals surface area contributed by atoms with Gasteiger partial charge in [-0.15, -0.1) is 0 Å². The van der Waals surface area contributed by atoms with Crippen molar-refractivity contribution in [2.24, 2.45) is 0 Å². The summed E-state index contributed by atoms with van der Waals surface area (Å²) in [5, 5.41) is 36.8. The SMILES string of the molecule is OCC#CCc1ccc(C23CC4(c5ccc(CC#CCO)cc5)CC(c5ccc(CC#CCO)cc5)(C2)CC(c2ccc(CC#CCO)cc2)(C3)C4)cc1. The Balaban J connectivity index is 1.38. The van der Waals surface area contributed by atoms with Gasteiger partial charge in [-0.25, -0.2) is 0 Å². The van der Waals surface area contributed by atoms with Crippen molar-refractivity contribution >= 4 is 0 Å². The standard InChI is InChI=1S/C50H48O4/c51-29-5-1-9-39-13-21-43(22-14-39)47-33-48(44-23-15-40(16-24-44)10-2-6-30-52)36-49(34-47,45-25-17-41(18-26-45)11-3-7-31-53)38-50(35-47,37-48)46-27-19-42(20-28-46)12-4-8-32-54/h13-28,51-54H,9-12,29-38H2. The van der Waals surface area contributed by atoms with Crippen LogP contribution in [0.5, 0.6) is 0 Å². The summed E-state index contributed by atoms with van der Waals surface area (Å²) < 4.78 is 0. The lowest BCUT2D eigenvalue weighted by molar-refractivity contribution is -0.0691. The number of hydrogen-bond acceptors (Lipinski definition) is 4. The minimum absolute atomic E-state index is 0.0775. The van der Waals surface area contributed by atoms with Crippen LogP contribution in [0.2, 0.25) is 0 Å². The first kappa shape index (κ1) is 37.3. The van der Waals surface area contributed by atoms with Crippen LogP contribution in [0.1, 0.15) is 83.0 Å². The van der Waals surface area contributed by atoms with Gasteiger partial charge >= 0.3 is 0 Å². The van der Waals surface area contributed by atoms with E-state index in [0.29, 0.717) is 25.7 Å². The van der Waals surface area contributed by atoms with Crippen LogP contribution in [0.25, 0.3) is 0 Å². The maximum Gasteiger partial charge on any atom is 0.104 e. The Hall–Kier alpha value is -5.04. The summed E-state index contributed by atoms with van der Waals surface area (Å²) in [6.45, 7) is -0.506. The molecule has 4 aliphatic carbocycles. The molecule has 4 aromatic carbocycles. The van der Waals surface area contributed by atoms with Crippen molar-refractivity contribution in [1.29, 1.82) is 0 Å². The molecule has 0 radical (unpaired) electrons. The van der Waals surface area contributed by atoms with Crippen LogP contribution in [0.15, 0.2) is 97.1 Å². The molecule has 0 aromatic heterocycles. The largest absolute Gasteiger partial charge is 0.384 e. The van der Waals surface area contributed by atoms with E-state index < -0.39 is 0 Å². The zero-order chi connectivity index (χ0) is 37.5. The fourth-order valence-corrected chi connectivity index (χ4v) is 10.6. The molecular formula is C50H48O4. The number of hydrogen-bond donors (Lipinski definition) is 4. The fourth-order valence-electron chi connectivity index (χ4n) is 10.6. The third-order valence-electron chi connectivity index (χ3n) is 12.3. The van der Waals surface area contributed by atoms with Gasteiger partial charge in [0.2, 0.25) is 0 Å². The summed E-state index contributed by atoms with van der Waals surface area (Å²) in [6.07, 6.45) is 8.88. The Morgan fingerprint density at radius 2 is 0.481 bits per heavy atom. The van der Waals surface area contributed by atoms with Crippen LogP contribution < -0.4 is 0 Å². The summed E-state index contributed by atoms with van der Waals surface area (Å²) in [5.74, 6) is 23.5. The lowest BCUT2D eigenvalue weighted by atomic mass is 9.32. The number of aliphatic hydroxyl groups excluding tert-OH is 4. The molecule has 8 rings (SSSR count). The molecule has 0 aliphatic heterocycles. The second kappa shape index (κ2) is 16.1. The van der Waals surface area contributed by atoms with Gasteiger partial charge in [0, 0.05) is 25.7 Å². The predicted octanol–water partition coefficient (Wildman–Crippen LogP) is 6.27. The van der Waals surface area contributed by atoms with Crippen molar-refractivity contribution in [2.45, 2.75) is 85.9 Å². The second-order valence-corrected chi connectivity index (χ2v) is 15.7. The molecule has 54 heavy (non-hydrogen) atoms. The zero-order valence-corrected chi connectivity index (χ0v) is 30.9. The molecule has 4 N–H and O–H groups in total. The molecule has 4 saturated carbocycles. The van der Waals surface area contributed by atoms with Crippen molar-refractivity contribution in [2.75, 3.05) is 26.4 Å². The Kier molecular flexibility index (Phi) is 11.1. The average molecular weight is 713 g/mol. The summed E-state index contributed by atoms with van der Waals surface area (Å²) >= 11 is 0. The number of aliphatic hydroxyl groups is 4. The third-order valence-corrected chi connectivity index (χ3v) is 12.3. The molecule has 272 valence electrons. The summed E-state index contributed by atoms with van der Waals surface area (Å²) in [6, 6.07) is 36.7. The van der Waals surface area contributed by atoms with Gasteiger partial charge in [0.15, 0.2) is 0 Å². The maximum atomic E-state index is 9.21. The van der Waals surface area contributed by atoms with Crippen molar-refractivity contribution < 1.29 is 20.4 Å². The van der Waals surface area contributed by atoms with Gasteiger partial charge in [-0.2, -0.15) is 0 Å². The molecule has 0 heterocycles. The minimum atomic E-state index is -0.126. The van der Waals surface area contributed by atoms with E-state index >= 15 is 0 Å². The molecule has 0 spiro atoms. The van der Waals surface area contributed by atoms with Crippen LogP contribution in [0.4, 0.5) is 0 Å². The van der Waals surface area contributed by atoms with E-state index in [1.165, 1.54) is 22.3 Å². The van der Waals surface area contributed by atoms with Gasteiger partial charge < -0.3 is 20.4 Å².